The van der Waals surface area contributed by atoms with Gasteiger partial charge in [0.1, 0.15) is 9.90 Å². The summed E-state index contributed by atoms with van der Waals surface area (Å²) >= 11 is 0.949. The van der Waals surface area contributed by atoms with Crippen molar-refractivity contribution in [2.24, 2.45) is 0 Å². The molecule has 0 bridgehead atoms. The van der Waals surface area contributed by atoms with Crippen molar-refractivity contribution in [1.29, 1.82) is 0 Å². The molecule has 0 atom stereocenters. The Morgan fingerprint density at radius 1 is 1.10 bits per heavy atom. The van der Waals surface area contributed by atoms with E-state index in [0.717, 1.165) is 16.2 Å². The van der Waals surface area contributed by atoms with E-state index in [0.29, 0.717) is 10.4 Å². The van der Waals surface area contributed by atoms with E-state index in [9.17, 15) is 22.8 Å². The summed E-state index contributed by atoms with van der Waals surface area (Å²) in [7, 11) is -2.64. The van der Waals surface area contributed by atoms with Gasteiger partial charge in [-0.2, -0.15) is 0 Å². The second-order valence-corrected chi connectivity index (χ2v) is 9.57. The van der Waals surface area contributed by atoms with Crippen LogP contribution in [0.2, 0.25) is 0 Å². The zero-order valence-electron chi connectivity index (χ0n) is 16.1. The molecular weight excluding hydrogens is 442 g/mol. The number of fused-ring (bicyclic) bond motifs is 1. The number of hydrogen-bond acceptors (Lipinski definition) is 8. The number of hydrogen-bond donors (Lipinski definition) is 1. The van der Waals surface area contributed by atoms with Gasteiger partial charge in [-0.05, 0) is 48.5 Å². The molecule has 0 aliphatic carbocycles. The topological polar surface area (TPSA) is 123 Å². The molecule has 0 unspecified atom stereocenters. The lowest BCUT2D eigenvalue weighted by molar-refractivity contribution is 0.0597. The van der Waals surface area contributed by atoms with E-state index in [4.69, 9.17) is 0 Å². The first-order chi connectivity index (χ1) is 14.8. The number of methoxy groups -OCH3 is 1. The molecule has 1 aliphatic rings. The third-order valence-corrected chi connectivity index (χ3v) is 7.45. The normalized spacial score (nSPS) is 13.3. The highest BCUT2D eigenvalue weighted by molar-refractivity contribution is 7.94. The van der Waals surface area contributed by atoms with Crippen LogP contribution in [-0.4, -0.2) is 43.2 Å². The van der Waals surface area contributed by atoms with Gasteiger partial charge in [0.15, 0.2) is 0 Å². The first kappa shape index (κ1) is 20.7. The van der Waals surface area contributed by atoms with Gasteiger partial charge >= 0.3 is 5.97 Å². The molecule has 0 spiro atoms. The number of rotatable bonds is 6. The molecule has 0 radical (unpaired) electrons. The molecule has 1 aliphatic heterocycles. The van der Waals surface area contributed by atoms with Crippen LogP contribution in [0.5, 0.6) is 0 Å². The Hall–Kier alpha value is -3.57. The standard InChI is InChI=1S/C20H15N3O6S2/c1-29-20(26)12-4-6-13(7-5-12)22-31(27,28)16-9-8-14(30-16)11-23-18(24)15-3-2-10-21-17(15)19(23)25/h2-10,22H,11H2,1H3. The number of imide groups is 1. The van der Waals surface area contributed by atoms with Gasteiger partial charge in [0.05, 0.1) is 24.8 Å². The Morgan fingerprint density at radius 2 is 1.84 bits per heavy atom. The number of pyridine rings is 1. The lowest BCUT2D eigenvalue weighted by Gasteiger charge is -2.11. The zero-order chi connectivity index (χ0) is 22.2. The number of nitrogens with one attached hydrogen (secondary N) is 1. The smallest absolute Gasteiger partial charge is 0.337 e. The predicted octanol–water partition coefficient (Wildman–Crippen LogP) is 2.53. The van der Waals surface area contributed by atoms with Gasteiger partial charge in [0, 0.05) is 16.8 Å². The number of ether oxygens (including phenoxy) is 1. The lowest BCUT2D eigenvalue weighted by Crippen LogP contribution is -2.28. The summed E-state index contributed by atoms with van der Waals surface area (Å²) in [5, 5.41) is 0. The van der Waals surface area contributed by atoms with Crippen LogP contribution in [0.1, 0.15) is 36.1 Å². The maximum atomic E-state index is 12.7. The molecule has 3 aromatic rings. The SMILES string of the molecule is COC(=O)c1ccc(NS(=O)(=O)c2ccc(CN3C(=O)c4cccnc4C3=O)s2)cc1. The second-order valence-electron chi connectivity index (χ2n) is 6.49. The highest BCUT2D eigenvalue weighted by Crippen LogP contribution is 2.28. The summed E-state index contributed by atoms with van der Waals surface area (Å²) in [5.74, 6) is -1.50. The Morgan fingerprint density at radius 3 is 2.52 bits per heavy atom. The van der Waals surface area contributed by atoms with Crippen LogP contribution in [0.3, 0.4) is 0 Å². The van der Waals surface area contributed by atoms with Gasteiger partial charge < -0.3 is 4.74 Å². The van der Waals surface area contributed by atoms with Crippen molar-refractivity contribution in [2.45, 2.75) is 10.8 Å². The third-order valence-electron chi connectivity index (χ3n) is 4.51. The van der Waals surface area contributed by atoms with Crippen LogP contribution in [0.15, 0.2) is 58.9 Å². The number of amides is 2. The molecule has 0 saturated carbocycles. The second kappa shape index (κ2) is 7.93. The molecular formula is C20H15N3O6S2. The Kier molecular flexibility index (Phi) is 5.29. The largest absolute Gasteiger partial charge is 0.465 e. The summed E-state index contributed by atoms with van der Waals surface area (Å²) in [6.45, 7) is -0.0535. The highest BCUT2D eigenvalue weighted by atomic mass is 32.2. The van der Waals surface area contributed by atoms with Crippen LogP contribution in [-0.2, 0) is 21.3 Å². The Labute approximate surface area is 181 Å². The third kappa shape index (κ3) is 3.92. The van der Waals surface area contributed by atoms with Gasteiger partial charge in [-0.25, -0.2) is 13.2 Å². The molecule has 9 nitrogen and oxygen atoms in total. The first-order valence-electron chi connectivity index (χ1n) is 8.91. The van der Waals surface area contributed by atoms with Crippen molar-refractivity contribution < 1.29 is 27.5 Å². The van der Waals surface area contributed by atoms with Crippen LogP contribution in [0.4, 0.5) is 5.69 Å². The van der Waals surface area contributed by atoms with Crippen molar-refractivity contribution in [1.82, 2.24) is 9.88 Å². The van der Waals surface area contributed by atoms with Gasteiger partial charge in [-0.1, -0.05) is 0 Å². The molecule has 1 aromatic carbocycles. The first-order valence-corrected chi connectivity index (χ1v) is 11.2. The fourth-order valence-corrected chi connectivity index (χ4v) is 5.40. The number of thiophene rings is 1. The van der Waals surface area contributed by atoms with E-state index in [1.165, 1.54) is 49.7 Å². The summed E-state index contributed by atoms with van der Waals surface area (Å²) in [6.07, 6.45) is 1.44. The number of esters is 1. The average Bonchev–Trinajstić information content (AvgIpc) is 3.34. The fourth-order valence-electron chi connectivity index (χ4n) is 3.00. The van der Waals surface area contributed by atoms with Crippen LogP contribution in [0.25, 0.3) is 0 Å². The van der Waals surface area contributed by atoms with Crippen molar-refractivity contribution in [3.05, 3.63) is 76.4 Å². The number of anilines is 1. The van der Waals surface area contributed by atoms with Gasteiger partial charge in [-0.15, -0.1) is 11.3 Å². The number of carbonyl (C=O) groups excluding carboxylic acids is 3. The van der Waals surface area contributed by atoms with Gasteiger partial charge in [0.25, 0.3) is 21.8 Å². The number of benzene rings is 1. The van der Waals surface area contributed by atoms with Crippen molar-refractivity contribution in [3.63, 3.8) is 0 Å². The number of aromatic nitrogens is 1. The van der Waals surface area contributed by atoms with Crippen molar-refractivity contribution >= 4 is 44.8 Å². The number of carbonyl (C=O) groups is 3. The van der Waals surface area contributed by atoms with E-state index in [1.54, 1.807) is 12.1 Å². The Bertz CT molecular complexity index is 1260. The van der Waals surface area contributed by atoms with Crippen molar-refractivity contribution in [3.8, 4) is 0 Å². The molecule has 11 heteroatoms. The summed E-state index contributed by atoms with van der Waals surface area (Å²) in [5.41, 5.74) is 0.885. The van der Waals surface area contributed by atoms with Crippen LogP contribution in [0, 0.1) is 0 Å². The molecule has 2 amide bonds. The monoisotopic (exact) mass is 457 g/mol. The maximum Gasteiger partial charge on any atom is 0.337 e. The van der Waals surface area contributed by atoms with E-state index < -0.39 is 27.8 Å². The quantitative estimate of drug-likeness (QED) is 0.446. The lowest BCUT2D eigenvalue weighted by atomic mass is 10.2. The molecule has 158 valence electrons. The number of sulfonamides is 1. The molecule has 4 rings (SSSR count). The van der Waals surface area contributed by atoms with Crippen LogP contribution >= 0.6 is 11.3 Å². The summed E-state index contributed by atoms with van der Waals surface area (Å²) in [6, 6.07) is 11.8. The average molecular weight is 457 g/mol. The molecule has 2 aromatic heterocycles. The van der Waals surface area contributed by atoms with E-state index in [-0.39, 0.29) is 27.7 Å². The van der Waals surface area contributed by atoms with E-state index in [2.05, 4.69) is 14.4 Å². The van der Waals surface area contributed by atoms with E-state index >= 15 is 0 Å². The fraction of sp³-hybridized carbons (Fsp3) is 0.100. The summed E-state index contributed by atoms with van der Waals surface area (Å²) < 4.78 is 32.4. The zero-order valence-corrected chi connectivity index (χ0v) is 17.7. The summed E-state index contributed by atoms with van der Waals surface area (Å²) in [4.78, 5) is 41.9. The number of nitrogens with zero attached hydrogens (tertiary/aromatic N) is 2. The van der Waals surface area contributed by atoms with Gasteiger partial charge in [0.2, 0.25) is 0 Å². The molecule has 0 fully saturated rings. The highest BCUT2D eigenvalue weighted by Gasteiger charge is 2.36. The van der Waals surface area contributed by atoms with Gasteiger partial charge in [-0.3, -0.25) is 24.2 Å². The molecule has 1 N–H and O–H groups in total. The minimum Gasteiger partial charge on any atom is -0.465 e. The molecule has 0 saturated heterocycles. The van der Waals surface area contributed by atoms with Crippen LogP contribution < -0.4 is 4.72 Å². The minimum absolute atomic E-state index is 0.0225. The minimum atomic E-state index is -3.89. The predicted molar refractivity (Wildman–Crippen MR) is 111 cm³/mol. The van der Waals surface area contributed by atoms with E-state index in [1.807, 2.05) is 0 Å². The maximum absolute atomic E-state index is 12.7. The molecule has 3 heterocycles. The molecule has 31 heavy (non-hydrogen) atoms. The van der Waals surface area contributed by atoms with Crippen molar-refractivity contribution in [2.75, 3.05) is 11.8 Å². The Balaban J connectivity index is 1.49.